The minimum absolute atomic E-state index is 0.000123. The molecule has 0 saturated carbocycles. The van der Waals surface area contributed by atoms with E-state index in [9.17, 15) is 20.1 Å². The number of nitriles is 1. The van der Waals surface area contributed by atoms with Gasteiger partial charge in [0.2, 0.25) is 5.89 Å². The number of ether oxygens (including phenoxy) is 4. The second-order valence-corrected chi connectivity index (χ2v) is 20.3. The zero-order valence-corrected chi connectivity index (χ0v) is 41.6. The number of aromatic nitrogens is 3. The molecule has 4 atom stereocenters. The van der Waals surface area contributed by atoms with Crippen molar-refractivity contribution in [3.8, 4) is 29.0 Å². The molecular formula is C52H60N6O10P. The highest BCUT2D eigenvalue weighted by Crippen LogP contribution is 2.52. The molecular weight excluding hydrogens is 900 g/mol. The third-order valence-corrected chi connectivity index (χ3v) is 15.2. The van der Waals surface area contributed by atoms with Crippen molar-refractivity contribution in [2.45, 2.75) is 115 Å². The molecule has 1 N–H and O–H groups in total. The molecule has 6 aromatic rings. The number of fused-ring (bicyclic) bond motifs is 2. The molecule has 363 valence electrons. The van der Waals surface area contributed by atoms with Gasteiger partial charge in [0.05, 0.1) is 57.1 Å². The number of hydrogen-bond acceptors (Lipinski definition) is 13. The van der Waals surface area contributed by atoms with Gasteiger partial charge in [-0.25, -0.2) is 14.4 Å². The number of methoxy groups -OCH3 is 2. The van der Waals surface area contributed by atoms with Gasteiger partial charge in [-0.15, -0.1) is 10.3 Å². The summed E-state index contributed by atoms with van der Waals surface area (Å²) in [4.78, 5) is 34.8. The predicted molar refractivity (Wildman–Crippen MR) is 260 cm³/mol. The maximum absolute atomic E-state index is 14.0. The van der Waals surface area contributed by atoms with Gasteiger partial charge in [0.1, 0.15) is 40.5 Å². The number of rotatable bonds is 18. The lowest BCUT2D eigenvalue weighted by molar-refractivity contribution is -0.266. The van der Waals surface area contributed by atoms with Crippen LogP contribution in [0.1, 0.15) is 102 Å². The van der Waals surface area contributed by atoms with Gasteiger partial charge >= 0.3 is 5.69 Å². The Labute approximate surface area is 403 Å². The Kier molecular flexibility index (Phi) is 14.4. The van der Waals surface area contributed by atoms with E-state index in [0.29, 0.717) is 22.6 Å². The molecule has 4 heterocycles. The van der Waals surface area contributed by atoms with Gasteiger partial charge in [0, 0.05) is 24.7 Å². The highest BCUT2D eigenvalue weighted by atomic mass is 31.2. The molecule has 1 saturated heterocycles. The second kappa shape index (κ2) is 19.9. The summed E-state index contributed by atoms with van der Waals surface area (Å²) in [7, 11) is 1.45. The normalized spacial score (nSPS) is 19.3. The van der Waals surface area contributed by atoms with Crippen LogP contribution in [-0.2, 0) is 40.4 Å². The summed E-state index contributed by atoms with van der Waals surface area (Å²) in [5, 5.41) is 23.9. The molecule has 1 radical (unpaired) electrons. The number of benzene rings is 4. The summed E-state index contributed by atoms with van der Waals surface area (Å²) in [5.41, 5.74) is 0.632. The van der Waals surface area contributed by atoms with E-state index in [0.717, 1.165) is 32.9 Å². The summed E-state index contributed by atoms with van der Waals surface area (Å²) in [6, 6.07) is 31.1. The third-order valence-electron chi connectivity index (χ3n) is 13.1. The Morgan fingerprint density at radius 3 is 2.03 bits per heavy atom. The van der Waals surface area contributed by atoms with E-state index in [1.165, 1.54) is 10.8 Å². The van der Waals surface area contributed by atoms with E-state index >= 15 is 0 Å². The van der Waals surface area contributed by atoms with Crippen LogP contribution in [0.15, 0.2) is 111 Å². The molecule has 0 aliphatic carbocycles. The van der Waals surface area contributed by atoms with E-state index < -0.39 is 54.9 Å². The van der Waals surface area contributed by atoms with Crippen LogP contribution in [-0.4, -0.2) is 76.0 Å². The number of oxazole rings is 1. The fourth-order valence-electron chi connectivity index (χ4n) is 9.69. The van der Waals surface area contributed by atoms with Crippen molar-refractivity contribution in [2.75, 3.05) is 27.4 Å². The largest absolute Gasteiger partial charge is 0.497 e. The Morgan fingerprint density at radius 2 is 1.46 bits per heavy atom. The first kappa shape index (κ1) is 49.7. The molecule has 4 aromatic carbocycles. The fourth-order valence-corrected chi connectivity index (χ4v) is 11.5. The van der Waals surface area contributed by atoms with Gasteiger partial charge in [0.25, 0.3) is 14.1 Å². The summed E-state index contributed by atoms with van der Waals surface area (Å²) in [6.45, 7) is 15.8. The van der Waals surface area contributed by atoms with Crippen LogP contribution < -0.4 is 20.7 Å². The number of aromatic amines is 1. The minimum atomic E-state index is -1.78. The van der Waals surface area contributed by atoms with Crippen molar-refractivity contribution in [1.29, 1.82) is 5.26 Å². The average Bonchev–Trinajstić information content (AvgIpc) is 3.98. The van der Waals surface area contributed by atoms with Crippen LogP contribution in [0.3, 0.4) is 0 Å². The SMILES string of the molecule is COc1ccc(C(OC[C@H]2O[C@@H](n3cc(-c4nc5cc6c(cc5o4)C(C)(C)N([O])C6(C)C)c(=O)[nH]c3=O)C[C@@H]2OP(OCCC#N)N(C(C)C)C(C)C)(c2ccccc2)c2ccc(OC)cc2)cc1. The van der Waals surface area contributed by atoms with E-state index in [4.69, 9.17) is 37.4 Å². The zero-order chi connectivity index (χ0) is 49.4. The maximum atomic E-state index is 14.0. The fraction of sp³-hybridized carbons (Fsp3) is 0.423. The van der Waals surface area contributed by atoms with Crippen molar-refractivity contribution in [3.05, 3.63) is 146 Å². The third kappa shape index (κ3) is 9.38. The van der Waals surface area contributed by atoms with Crippen LogP contribution in [0.2, 0.25) is 0 Å². The lowest BCUT2D eigenvalue weighted by Gasteiger charge is -2.39. The number of nitrogens with zero attached hydrogens (tertiary/aromatic N) is 5. The van der Waals surface area contributed by atoms with Gasteiger partial charge in [-0.3, -0.25) is 14.3 Å². The van der Waals surface area contributed by atoms with Crippen molar-refractivity contribution >= 4 is 19.6 Å². The van der Waals surface area contributed by atoms with E-state index in [-0.39, 0.29) is 49.6 Å². The molecule has 69 heavy (non-hydrogen) atoms. The Hall–Kier alpha value is -5.73. The zero-order valence-electron chi connectivity index (χ0n) is 40.7. The van der Waals surface area contributed by atoms with Crippen molar-refractivity contribution < 1.29 is 37.6 Å². The number of H-pyrrole nitrogens is 1. The first-order chi connectivity index (χ1) is 32.9. The van der Waals surface area contributed by atoms with Crippen LogP contribution in [0, 0.1) is 11.3 Å². The van der Waals surface area contributed by atoms with Gasteiger partial charge in [-0.2, -0.15) is 5.26 Å². The van der Waals surface area contributed by atoms with Crippen LogP contribution in [0.5, 0.6) is 11.5 Å². The Balaban J connectivity index is 1.21. The highest BCUT2D eigenvalue weighted by molar-refractivity contribution is 7.44. The molecule has 2 aromatic heterocycles. The first-order valence-corrected chi connectivity index (χ1v) is 24.3. The lowest BCUT2D eigenvalue weighted by atomic mass is 9.80. The number of hydroxylamine groups is 2. The van der Waals surface area contributed by atoms with Crippen LogP contribution in [0.25, 0.3) is 22.6 Å². The van der Waals surface area contributed by atoms with Crippen LogP contribution in [0.4, 0.5) is 0 Å². The summed E-state index contributed by atoms with van der Waals surface area (Å²) in [6.07, 6.45) is -0.816. The van der Waals surface area contributed by atoms with Gasteiger partial charge < -0.3 is 32.4 Å². The smallest absolute Gasteiger partial charge is 0.330 e. The minimum Gasteiger partial charge on any atom is -0.497 e. The van der Waals surface area contributed by atoms with E-state index in [1.54, 1.807) is 20.3 Å². The predicted octanol–water partition coefficient (Wildman–Crippen LogP) is 9.45. The maximum Gasteiger partial charge on any atom is 0.330 e. The van der Waals surface area contributed by atoms with Crippen molar-refractivity contribution in [1.82, 2.24) is 24.3 Å². The van der Waals surface area contributed by atoms with Crippen LogP contribution >= 0.6 is 8.53 Å². The molecule has 8 rings (SSSR count). The summed E-state index contributed by atoms with van der Waals surface area (Å²) < 4.78 is 48.5. The van der Waals surface area contributed by atoms with Crippen molar-refractivity contribution in [2.24, 2.45) is 0 Å². The van der Waals surface area contributed by atoms with Gasteiger partial charge in [0.15, 0.2) is 5.58 Å². The molecule has 2 aliphatic heterocycles. The molecule has 1 unspecified atom stereocenters. The molecule has 1 fully saturated rings. The molecule has 17 heteroatoms. The molecule has 2 aliphatic rings. The van der Waals surface area contributed by atoms with E-state index in [2.05, 4.69) is 43.4 Å². The molecule has 0 bridgehead atoms. The van der Waals surface area contributed by atoms with Gasteiger partial charge in [-0.05, 0) is 120 Å². The Morgan fingerprint density at radius 1 is 0.884 bits per heavy atom. The van der Waals surface area contributed by atoms with E-state index in [1.807, 2.05) is 113 Å². The highest BCUT2D eigenvalue weighted by Gasteiger charge is 2.51. The number of nitrogens with one attached hydrogen (secondary N) is 1. The molecule has 0 spiro atoms. The quantitative estimate of drug-likeness (QED) is 0.0488. The standard InChI is InChI=1S/C52H60N6O10P/c1-32(2)57(33(3)4)69(65-26-14-25-53)68-44-29-46(56-30-39(47(59)55-49(56)60)48-54-42-27-40-41(28-43(42)67-48)51(7,8)58(61)50(40,5)6)66-45(44)31-64-52(34-15-12-11-13-16-34,35-17-21-37(62-9)22-18-35)36-19-23-38(63-10)24-20-36/h11-13,15-24,27-28,30,32-33,44-46H,14,26,29,31H2,1-10H3,(H,55,59,60)/t44-,45+,46+,69?/m0/s1. The lowest BCUT2D eigenvalue weighted by Crippen LogP contribution is -2.41. The summed E-state index contributed by atoms with van der Waals surface area (Å²) >= 11 is 0. The Bertz CT molecular complexity index is 2800. The average molecular weight is 960 g/mol. The molecule has 16 nitrogen and oxygen atoms in total. The first-order valence-electron chi connectivity index (χ1n) is 23.1. The monoisotopic (exact) mass is 959 g/mol. The van der Waals surface area contributed by atoms with Crippen molar-refractivity contribution in [3.63, 3.8) is 0 Å². The topological polar surface area (TPSA) is 186 Å². The van der Waals surface area contributed by atoms with Gasteiger partial charge in [-0.1, -0.05) is 54.6 Å². The summed E-state index contributed by atoms with van der Waals surface area (Å²) in [5.74, 6) is 1.34. The second-order valence-electron chi connectivity index (χ2n) is 18.9. The molecule has 0 amide bonds. The number of hydrogen-bond donors (Lipinski definition) is 1.